The monoisotopic (exact) mass is 457 g/mol. The molecule has 1 aliphatic carbocycles. The summed E-state index contributed by atoms with van der Waals surface area (Å²) in [5, 5.41) is 14.3. The number of carbonyl (C=O) groups is 1. The minimum absolute atomic E-state index is 0. The Bertz CT molecular complexity index is 1360. The zero-order chi connectivity index (χ0) is 21.7. The third-order valence-electron chi connectivity index (χ3n) is 6.90. The Morgan fingerprint density at radius 3 is 2.81 bits per heavy atom. The average molecular weight is 458 g/mol. The molecule has 166 valence electrons. The van der Waals surface area contributed by atoms with Gasteiger partial charge in [-0.25, -0.2) is 9.18 Å². The second-order valence-electron chi connectivity index (χ2n) is 8.47. The first kappa shape index (κ1) is 20.8. The molecule has 9 heteroatoms. The number of halogens is 2. The van der Waals surface area contributed by atoms with E-state index in [1.807, 2.05) is 0 Å². The van der Waals surface area contributed by atoms with Gasteiger partial charge in [0.05, 0.1) is 23.5 Å². The molecule has 0 amide bonds. The minimum atomic E-state index is -1.87. The number of aryl methyl sites for hydroxylation is 1. The highest BCUT2D eigenvalue weighted by Crippen LogP contribution is 2.49. The lowest BCUT2D eigenvalue weighted by Gasteiger charge is -2.32. The lowest BCUT2D eigenvalue weighted by Crippen LogP contribution is -2.44. The van der Waals surface area contributed by atoms with E-state index in [2.05, 4.69) is 5.32 Å². The predicted octanol–water partition coefficient (Wildman–Crippen LogP) is 2.53. The summed E-state index contributed by atoms with van der Waals surface area (Å²) in [5.41, 5.74) is 10.8. The number of anilines is 1. The number of carbonyl (C=O) groups excluding carboxylic acids is 1. The highest BCUT2D eigenvalue weighted by atomic mass is 35.5. The van der Waals surface area contributed by atoms with Crippen LogP contribution in [0.15, 0.2) is 34.3 Å². The lowest BCUT2D eigenvalue weighted by atomic mass is 9.81. The summed E-state index contributed by atoms with van der Waals surface area (Å²) in [7, 11) is 0. The van der Waals surface area contributed by atoms with Gasteiger partial charge in [-0.3, -0.25) is 4.79 Å². The van der Waals surface area contributed by atoms with E-state index in [0.29, 0.717) is 42.2 Å². The van der Waals surface area contributed by atoms with Crippen molar-refractivity contribution in [1.82, 2.24) is 4.57 Å². The second-order valence-corrected chi connectivity index (χ2v) is 8.47. The molecule has 0 saturated heterocycles. The average Bonchev–Trinajstić information content (AvgIpc) is 3.11. The number of nitrogens with zero attached hydrogens (tertiary/aromatic N) is 1. The summed E-state index contributed by atoms with van der Waals surface area (Å²) in [6, 6.07) is 4.65. The molecule has 6 rings (SSSR count). The molecule has 1 aromatic carbocycles. The predicted molar refractivity (Wildman–Crippen MR) is 118 cm³/mol. The molecule has 0 bridgehead atoms. The van der Waals surface area contributed by atoms with Crippen LogP contribution in [-0.2, 0) is 34.7 Å². The molecule has 32 heavy (non-hydrogen) atoms. The number of aliphatic hydroxyl groups is 1. The summed E-state index contributed by atoms with van der Waals surface area (Å²) in [6.45, 7) is 1.79. The van der Waals surface area contributed by atoms with Crippen LogP contribution in [0.25, 0.3) is 11.3 Å². The summed E-state index contributed by atoms with van der Waals surface area (Å²) < 4.78 is 21.0. The molecule has 4 N–H and O–H groups in total. The number of nitrogens with two attached hydrogens (primary N) is 1. The van der Waals surface area contributed by atoms with Gasteiger partial charge in [0.2, 0.25) is 0 Å². The number of cyclic esters (lactones) is 1. The Balaban J connectivity index is 0.00000216. The van der Waals surface area contributed by atoms with E-state index in [4.69, 9.17) is 10.5 Å². The Morgan fingerprint density at radius 1 is 1.28 bits per heavy atom. The van der Waals surface area contributed by atoms with E-state index in [9.17, 15) is 19.1 Å². The third kappa shape index (κ3) is 2.45. The Labute approximate surface area is 188 Å². The minimum Gasteiger partial charge on any atom is -0.458 e. The van der Waals surface area contributed by atoms with Gasteiger partial charge >= 0.3 is 5.97 Å². The number of rotatable bonds is 1. The Hall–Kier alpha value is -3.10. The van der Waals surface area contributed by atoms with Crippen LogP contribution in [0.4, 0.5) is 10.1 Å². The van der Waals surface area contributed by atoms with Crippen molar-refractivity contribution in [2.45, 2.75) is 44.9 Å². The quantitative estimate of drug-likeness (QED) is 0.568. The first-order valence-electron chi connectivity index (χ1n) is 10.3. The van der Waals surface area contributed by atoms with Crippen LogP contribution in [0, 0.1) is 5.82 Å². The summed E-state index contributed by atoms with van der Waals surface area (Å²) in [4.78, 5) is 25.7. The van der Waals surface area contributed by atoms with Crippen LogP contribution in [-0.4, -0.2) is 15.6 Å². The van der Waals surface area contributed by atoms with Crippen LogP contribution < -0.4 is 16.6 Å². The van der Waals surface area contributed by atoms with Gasteiger partial charge in [-0.1, -0.05) is 6.92 Å². The SMILES string of the molecule is CC[C@@]1(O)C(=O)OCc2c1cc1n(c2=O)CC2=C1Nc1cc(F)cc3c1C2=C(N)CC3.Cl. The van der Waals surface area contributed by atoms with Crippen molar-refractivity contribution in [3.63, 3.8) is 0 Å². The van der Waals surface area contributed by atoms with Crippen LogP contribution in [0.5, 0.6) is 0 Å². The first-order chi connectivity index (χ1) is 14.8. The number of pyridine rings is 1. The fraction of sp³-hybridized carbons (Fsp3) is 0.304. The molecule has 0 unspecified atom stereocenters. The van der Waals surface area contributed by atoms with Gasteiger partial charge in [-0.05, 0) is 43.0 Å². The molecule has 1 atom stereocenters. The number of fused-ring (bicyclic) bond motifs is 4. The number of nitrogens with one attached hydrogen (secondary N) is 1. The molecule has 0 spiro atoms. The van der Waals surface area contributed by atoms with Crippen molar-refractivity contribution in [2.24, 2.45) is 5.73 Å². The number of aromatic nitrogens is 1. The molecule has 0 fully saturated rings. The number of ether oxygens (including phenoxy) is 1. The first-order valence-corrected chi connectivity index (χ1v) is 10.3. The summed E-state index contributed by atoms with van der Waals surface area (Å²) >= 11 is 0. The normalized spacial score (nSPS) is 22.3. The number of esters is 1. The molecule has 7 nitrogen and oxygen atoms in total. The van der Waals surface area contributed by atoms with E-state index in [1.54, 1.807) is 17.6 Å². The smallest absolute Gasteiger partial charge is 0.343 e. The van der Waals surface area contributed by atoms with Gasteiger partial charge in [0.1, 0.15) is 12.4 Å². The molecule has 0 radical (unpaired) electrons. The van der Waals surface area contributed by atoms with Crippen LogP contribution >= 0.6 is 12.4 Å². The van der Waals surface area contributed by atoms with E-state index in [0.717, 1.165) is 22.3 Å². The third-order valence-corrected chi connectivity index (χ3v) is 6.90. The molecule has 3 aliphatic heterocycles. The molecular weight excluding hydrogens is 437 g/mol. The molecule has 0 saturated carbocycles. The van der Waals surface area contributed by atoms with Gasteiger partial charge < -0.3 is 25.5 Å². The number of hydrogen-bond donors (Lipinski definition) is 3. The maximum Gasteiger partial charge on any atom is 0.343 e. The Kier molecular flexibility index (Phi) is 4.35. The summed E-state index contributed by atoms with van der Waals surface area (Å²) in [5.74, 6) is -1.10. The van der Waals surface area contributed by atoms with Crippen molar-refractivity contribution in [3.8, 4) is 0 Å². The van der Waals surface area contributed by atoms with Gasteiger partial charge in [0.15, 0.2) is 5.60 Å². The van der Waals surface area contributed by atoms with Gasteiger partial charge in [0.25, 0.3) is 5.56 Å². The van der Waals surface area contributed by atoms with E-state index < -0.39 is 11.6 Å². The van der Waals surface area contributed by atoms with E-state index in [1.165, 1.54) is 12.1 Å². The highest BCUT2D eigenvalue weighted by Gasteiger charge is 2.46. The van der Waals surface area contributed by atoms with Crippen LogP contribution in [0.2, 0.25) is 0 Å². The number of allylic oxidation sites excluding steroid dienone is 3. The molecule has 4 heterocycles. The van der Waals surface area contributed by atoms with E-state index in [-0.39, 0.29) is 47.9 Å². The lowest BCUT2D eigenvalue weighted by molar-refractivity contribution is -0.172. The highest BCUT2D eigenvalue weighted by molar-refractivity contribution is 6.04. The fourth-order valence-electron chi connectivity index (χ4n) is 5.29. The fourth-order valence-corrected chi connectivity index (χ4v) is 5.29. The van der Waals surface area contributed by atoms with Crippen LogP contribution in [0.3, 0.4) is 0 Å². The van der Waals surface area contributed by atoms with Gasteiger partial charge in [-0.2, -0.15) is 0 Å². The van der Waals surface area contributed by atoms with Crippen LogP contribution in [0.1, 0.15) is 47.7 Å². The number of hydrogen-bond acceptors (Lipinski definition) is 6. The standard InChI is InChI=1S/C23H20FN3O4.ClH/c1-2-23(30)14-7-17-20-12(8-27(17)21(28)13(14)9-31-22(23)29)19-15(25)4-3-10-5-11(24)6-16(26-20)18(10)19;/h5-7,26,30H,2-4,8-9,25H2,1H3;1H/t23-;/m0./s1. The largest absolute Gasteiger partial charge is 0.458 e. The number of benzene rings is 1. The van der Waals surface area contributed by atoms with Crippen molar-refractivity contribution < 1.29 is 19.0 Å². The second kappa shape index (κ2) is 6.70. The van der Waals surface area contributed by atoms with Gasteiger partial charge in [-0.15, -0.1) is 12.4 Å². The topological polar surface area (TPSA) is 107 Å². The van der Waals surface area contributed by atoms with E-state index >= 15 is 0 Å². The maximum atomic E-state index is 14.3. The molecule has 4 aliphatic rings. The Morgan fingerprint density at radius 2 is 2.06 bits per heavy atom. The zero-order valence-electron chi connectivity index (χ0n) is 17.3. The van der Waals surface area contributed by atoms with Crippen molar-refractivity contribution in [1.29, 1.82) is 0 Å². The zero-order valence-corrected chi connectivity index (χ0v) is 18.1. The maximum absolute atomic E-state index is 14.3. The molecule has 1 aromatic heterocycles. The summed E-state index contributed by atoms with van der Waals surface area (Å²) in [6.07, 6.45) is 1.35. The van der Waals surface area contributed by atoms with Crippen molar-refractivity contribution in [3.05, 3.63) is 73.6 Å². The van der Waals surface area contributed by atoms with Crippen molar-refractivity contribution in [2.75, 3.05) is 5.32 Å². The van der Waals surface area contributed by atoms with Crippen molar-refractivity contribution >= 4 is 35.3 Å². The molecular formula is C23H21ClFN3O4. The molecule has 2 aromatic rings. The van der Waals surface area contributed by atoms with Gasteiger partial charge in [0, 0.05) is 33.7 Å².